The summed E-state index contributed by atoms with van der Waals surface area (Å²) >= 11 is 0. The number of nitrogens with one attached hydrogen (secondary N) is 2. The predicted molar refractivity (Wildman–Crippen MR) is 89.1 cm³/mol. The van der Waals surface area contributed by atoms with Crippen LogP contribution in [0.1, 0.15) is 10.4 Å². The van der Waals surface area contributed by atoms with Gasteiger partial charge in [0, 0.05) is 17.1 Å². The monoisotopic (exact) mass is 328 g/mol. The second-order valence-electron chi connectivity index (χ2n) is 5.17. The molecule has 0 spiro atoms. The van der Waals surface area contributed by atoms with Crippen molar-refractivity contribution in [2.75, 3.05) is 20.3 Å². The van der Waals surface area contributed by atoms with Crippen molar-refractivity contribution in [3.63, 3.8) is 0 Å². The molecule has 0 aliphatic carbocycles. The van der Waals surface area contributed by atoms with Gasteiger partial charge in [-0.05, 0) is 42.5 Å². The fourth-order valence-corrected chi connectivity index (χ4v) is 2.38. The molecule has 1 aromatic heterocycles. The molecule has 2 aromatic carbocycles. The average molecular weight is 328 g/mol. The van der Waals surface area contributed by atoms with E-state index in [2.05, 4.69) is 10.3 Å². The summed E-state index contributed by atoms with van der Waals surface area (Å²) in [5, 5.41) is 3.32. The molecule has 3 rings (SSSR count). The highest BCUT2D eigenvalue weighted by atomic mass is 19.1. The lowest BCUT2D eigenvalue weighted by Gasteiger charge is -2.08. The number of benzene rings is 2. The molecule has 0 bridgehead atoms. The quantitative estimate of drug-likeness (QED) is 0.683. The molecule has 6 heteroatoms. The van der Waals surface area contributed by atoms with Crippen LogP contribution in [0.15, 0.2) is 48.7 Å². The molecular formula is C18H17FN2O3. The van der Waals surface area contributed by atoms with Gasteiger partial charge in [-0.25, -0.2) is 4.39 Å². The first-order chi connectivity index (χ1) is 11.7. The summed E-state index contributed by atoms with van der Waals surface area (Å²) in [5.41, 5.74) is 1.13. The lowest BCUT2D eigenvalue weighted by atomic mass is 10.1. The molecule has 0 atom stereocenters. The van der Waals surface area contributed by atoms with Crippen molar-refractivity contribution < 1.29 is 18.7 Å². The molecule has 1 amide bonds. The first-order valence-electron chi connectivity index (χ1n) is 7.49. The Hall–Kier alpha value is -3.02. The Morgan fingerprint density at radius 2 is 1.92 bits per heavy atom. The van der Waals surface area contributed by atoms with Gasteiger partial charge in [0.15, 0.2) is 0 Å². The highest BCUT2D eigenvalue weighted by Gasteiger charge is 2.12. The van der Waals surface area contributed by atoms with E-state index < -0.39 is 0 Å². The van der Waals surface area contributed by atoms with Gasteiger partial charge in [-0.15, -0.1) is 0 Å². The van der Waals surface area contributed by atoms with E-state index in [1.807, 2.05) is 0 Å². The molecule has 3 aromatic rings. The van der Waals surface area contributed by atoms with Crippen LogP contribution in [0.4, 0.5) is 4.39 Å². The molecule has 0 saturated carbocycles. The number of halogens is 1. The summed E-state index contributed by atoms with van der Waals surface area (Å²) in [7, 11) is 1.60. The van der Waals surface area contributed by atoms with E-state index in [9.17, 15) is 9.18 Å². The first kappa shape index (κ1) is 15.9. The largest absolute Gasteiger partial charge is 0.497 e. The van der Waals surface area contributed by atoms with Crippen molar-refractivity contribution in [2.45, 2.75) is 0 Å². The molecule has 2 N–H and O–H groups in total. The van der Waals surface area contributed by atoms with Crippen molar-refractivity contribution in [3.05, 3.63) is 60.0 Å². The summed E-state index contributed by atoms with van der Waals surface area (Å²) in [6.45, 7) is 0.668. The second-order valence-corrected chi connectivity index (χ2v) is 5.17. The molecule has 124 valence electrons. The highest BCUT2D eigenvalue weighted by molar-refractivity contribution is 6.06. The first-order valence-corrected chi connectivity index (χ1v) is 7.49. The number of hydrogen-bond donors (Lipinski definition) is 2. The number of carbonyl (C=O) groups excluding carboxylic acids is 1. The second kappa shape index (κ2) is 7.04. The molecular weight excluding hydrogens is 311 g/mol. The van der Waals surface area contributed by atoms with E-state index in [4.69, 9.17) is 9.47 Å². The van der Waals surface area contributed by atoms with Gasteiger partial charge in [-0.3, -0.25) is 4.79 Å². The maximum atomic E-state index is 13.3. The van der Waals surface area contributed by atoms with Crippen LogP contribution in [0.5, 0.6) is 11.5 Å². The van der Waals surface area contributed by atoms with Gasteiger partial charge in [0.2, 0.25) is 0 Å². The maximum absolute atomic E-state index is 13.3. The van der Waals surface area contributed by atoms with Crippen LogP contribution in [-0.4, -0.2) is 31.2 Å². The van der Waals surface area contributed by atoms with Gasteiger partial charge in [0.25, 0.3) is 5.91 Å². The van der Waals surface area contributed by atoms with Crippen LogP contribution in [0.3, 0.4) is 0 Å². The van der Waals surface area contributed by atoms with Crippen LogP contribution in [0.25, 0.3) is 10.9 Å². The van der Waals surface area contributed by atoms with E-state index in [0.717, 1.165) is 11.3 Å². The Bertz CT molecular complexity index is 843. The SMILES string of the molecule is COc1ccc(OCCNC(=O)c2c[nH]c3ccc(F)cc23)cc1. The molecule has 0 unspecified atom stereocenters. The lowest BCUT2D eigenvalue weighted by molar-refractivity contribution is 0.0948. The number of amides is 1. The van der Waals surface area contributed by atoms with Crippen LogP contribution in [0.2, 0.25) is 0 Å². The van der Waals surface area contributed by atoms with Crippen molar-refractivity contribution in [1.29, 1.82) is 0 Å². The van der Waals surface area contributed by atoms with Gasteiger partial charge in [-0.1, -0.05) is 0 Å². The maximum Gasteiger partial charge on any atom is 0.253 e. The number of carbonyl (C=O) groups is 1. The summed E-state index contributed by atoms with van der Waals surface area (Å²) in [5.74, 6) is 0.797. The zero-order valence-corrected chi connectivity index (χ0v) is 13.1. The predicted octanol–water partition coefficient (Wildman–Crippen LogP) is 3.12. The standard InChI is InChI=1S/C18H17FN2O3/c1-23-13-3-5-14(6-4-13)24-9-8-20-18(22)16-11-21-17-7-2-12(19)10-15(16)17/h2-7,10-11,21H,8-9H2,1H3,(H,20,22). The molecule has 0 radical (unpaired) electrons. The summed E-state index contributed by atoms with van der Waals surface area (Å²) in [6, 6.07) is 11.5. The van der Waals surface area contributed by atoms with Gasteiger partial charge < -0.3 is 19.8 Å². The van der Waals surface area contributed by atoms with Crippen molar-refractivity contribution in [1.82, 2.24) is 10.3 Å². The number of aromatic amines is 1. The number of hydrogen-bond acceptors (Lipinski definition) is 3. The lowest BCUT2D eigenvalue weighted by Crippen LogP contribution is -2.27. The average Bonchev–Trinajstić information content (AvgIpc) is 3.02. The Morgan fingerprint density at radius 1 is 1.17 bits per heavy atom. The van der Waals surface area contributed by atoms with E-state index >= 15 is 0 Å². The van der Waals surface area contributed by atoms with Crippen LogP contribution in [0, 0.1) is 5.82 Å². The molecule has 5 nitrogen and oxygen atoms in total. The van der Waals surface area contributed by atoms with Gasteiger partial charge in [0.05, 0.1) is 19.2 Å². The molecule has 0 saturated heterocycles. The fourth-order valence-electron chi connectivity index (χ4n) is 2.38. The summed E-state index contributed by atoms with van der Waals surface area (Å²) in [4.78, 5) is 15.2. The Kier molecular flexibility index (Phi) is 4.65. The van der Waals surface area contributed by atoms with Crippen LogP contribution < -0.4 is 14.8 Å². The smallest absolute Gasteiger partial charge is 0.253 e. The number of H-pyrrole nitrogens is 1. The summed E-state index contributed by atoms with van der Waals surface area (Å²) < 4.78 is 23.9. The van der Waals surface area contributed by atoms with Crippen LogP contribution >= 0.6 is 0 Å². The topological polar surface area (TPSA) is 63.4 Å². The number of rotatable bonds is 6. The number of methoxy groups -OCH3 is 1. The number of ether oxygens (including phenoxy) is 2. The van der Waals surface area contributed by atoms with Gasteiger partial charge in [0.1, 0.15) is 23.9 Å². The zero-order valence-electron chi connectivity index (χ0n) is 13.1. The van der Waals surface area contributed by atoms with Gasteiger partial charge in [-0.2, -0.15) is 0 Å². The minimum atomic E-state index is -0.376. The Balaban J connectivity index is 1.54. The minimum absolute atomic E-state index is 0.273. The normalized spacial score (nSPS) is 10.6. The fraction of sp³-hybridized carbons (Fsp3) is 0.167. The molecule has 24 heavy (non-hydrogen) atoms. The van der Waals surface area contributed by atoms with Crippen molar-refractivity contribution in [3.8, 4) is 11.5 Å². The third kappa shape index (κ3) is 3.48. The minimum Gasteiger partial charge on any atom is -0.497 e. The highest BCUT2D eigenvalue weighted by Crippen LogP contribution is 2.19. The molecule has 0 aliphatic rings. The third-order valence-electron chi connectivity index (χ3n) is 3.60. The van der Waals surface area contributed by atoms with Crippen molar-refractivity contribution in [2.24, 2.45) is 0 Å². The molecule has 1 heterocycles. The number of fused-ring (bicyclic) bond motifs is 1. The van der Waals surface area contributed by atoms with E-state index in [0.29, 0.717) is 29.9 Å². The molecule has 0 aliphatic heterocycles. The van der Waals surface area contributed by atoms with E-state index in [-0.39, 0.29) is 11.7 Å². The number of aromatic nitrogens is 1. The van der Waals surface area contributed by atoms with E-state index in [1.165, 1.54) is 12.1 Å². The zero-order chi connectivity index (χ0) is 16.9. The Morgan fingerprint density at radius 3 is 2.67 bits per heavy atom. The van der Waals surface area contributed by atoms with Gasteiger partial charge >= 0.3 is 0 Å². The molecule has 0 fully saturated rings. The Labute approximate surface area is 138 Å². The van der Waals surface area contributed by atoms with E-state index in [1.54, 1.807) is 43.6 Å². The van der Waals surface area contributed by atoms with Crippen LogP contribution in [-0.2, 0) is 0 Å². The third-order valence-corrected chi connectivity index (χ3v) is 3.60. The van der Waals surface area contributed by atoms with Crippen molar-refractivity contribution >= 4 is 16.8 Å². The summed E-state index contributed by atoms with van der Waals surface area (Å²) in [6.07, 6.45) is 1.57.